The summed E-state index contributed by atoms with van der Waals surface area (Å²) < 4.78 is 0. The van der Waals surface area contributed by atoms with Crippen LogP contribution in [0, 0.1) is 5.41 Å². The molecule has 1 aliphatic carbocycles. The molecule has 0 aromatic heterocycles. The van der Waals surface area contributed by atoms with E-state index in [1.165, 1.54) is 6.08 Å². The molecule has 126 valence electrons. The Labute approximate surface area is 143 Å². The van der Waals surface area contributed by atoms with Crippen molar-refractivity contribution in [2.45, 2.75) is 41.0 Å². The Morgan fingerprint density at radius 3 is 2.38 bits per heavy atom. The summed E-state index contributed by atoms with van der Waals surface area (Å²) in [5.41, 5.74) is 12.4. The van der Waals surface area contributed by atoms with E-state index < -0.39 is 0 Å². The van der Waals surface area contributed by atoms with Gasteiger partial charge in [-0.25, -0.2) is 0 Å². The first-order valence-corrected chi connectivity index (χ1v) is 7.85. The Morgan fingerprint density at radius 2 is 1.79 bits per heavy atom. The fourth-order valence-corrected chi connectivity index (χ4v) is 2.66. The van der Waals surface area contributed by atoms with Crippen LogP contribution >= 0.6 is 0 Å². The lowest BCUT2D eigenvalue weighted by atomic mass is 9.71. The Balaban J connectivity index is 3.05. The van der Waals surface area contributed by atoms with E-state index in [9.17, 15) is 9.59 Å². The highest BCUT2D eigenvalue weighted by molar-refractivity contribution is 6.44. The molecule has 0 aromatic rings. The molecule has 0 N–H and O–H groups in total. The number of nitrogens with zero attached hydrogens (tertiary/aromatic N) is 2. The Hall–Kier alpha value is -2.58. The second-order valence-corrected chi connectivity index (χ2v) is 6.63. The summed E-state index contributed by atoms with van der Waals surface area (Å²) in [5.74, 6) is -0.201. The van der Waals surface area contributed by atoms with Crippen LogP contribution in [-0.4, -0.2) is 22.6 Å². The second-order valence-electron chi connectivity index (χ2n) is 6.63. The van der Waals surface area contributed by atoms with Gasteiger partial charge in [0.05, 0.1) is 6.42 Å². The molecule has 0 amide bonds. The number of hydrogen-bond donors (Lipinski definition) is 0. The molecule has 24 heavy (non-hydrogen) atoms. The molecule has 0 unspecified atom stereocenters. The molecular weight excluding hydrogens is 300 g/mol. The van der Waals surface area contributed by atoms with E-state index in [1.807, 2.05) is 58.1 Å². The summed E-state index contributed by atoms with van der Waals surface area (Å²) in [4.78, 5) is 25.7. The van der Waals surface area contributed by atoms with E-state index in [0.29, 0.717) is 12.0 Å². The minimum absolute atomic E-state index is 0.201. The third kappa shape index (κ3) is 4.97. The number of hydrogen-bond acceptors (Lipinski definition) is 2. The van der Waals surface area contributed by atoms with Crippen LogP contribution in [0.2, 0.25) is 0 Å². The first-order valence-electron chi connectivity index (χ1n) is 7.85. The number of ketones is 1. The van der Waals surface area contributed by atoms with Crippen LogP contribution < -0.4 is 0 Å². The zero-order valence-corrected chi connectivity index (χ0v) is 15.0. The lowest BCUT2D eigenvalue weighted by Crippen LogP contribution is -2.33. The van der Waals surface area contributed by atoms with Gasteiger partial charge in [-0.2, -0.15) is 4.79 Å². The first kappa shape index (κ1) is 19.5. The fourth-order valence-electron chi connectivity index (χ4n) is 2.66. The number of rotatable bonds is 5. The van der Waals surface area contributed by atoms with Crippen molar-refractivity contribution in [1.82, 2.24) is 0 Å². The van der Waals surface area contributed by atoms with E-state index in [2.05, 4.69) is 4.79 Å². The highest BCUT2D eigenvalue weighted by Crippen LogP contribution is 2.38. The molecule has 0 fully saturated rings. The van der Waals surface area contributed by atoms with Gasteiger partial charge in [0.25, 0.3) is 5.78 Å². The van der Waals surface area contributed by atoms with E-state index >= 15 is 0 Å². The molecule has 0 bridgehead atoms. The number of aldehydes is 1. The third-order valence-corrected chi connectivity index (χ3v) is 4.03. The van der Waals surface area contributed by atoms with Crippen molar-refractivity contribution in [1.29, 1.82) is 0 Å². The van der Waals surface area contributed by atoms with E-state index in [4.69, 9.17) is 5.53 Å². The van der Waals surface area contributed by atoms with Crippen LogP contribution in [0.25, 0.3) is 5.53 Å². The van der Waals surface area contributed by atoms with Crippen LogP contribution in [0.15, 0.2) is 58.7 Å². The zero-order valence-electron chi connectivity index (χ0n) is 15.0. The highest BCUT2D eigenvalue weighted by atomic mass is 16.1. The second kappa shape index (κ2) is 8.32. The smallest absolute Gasteiger partial charge is 0.339 e. The van der Waals surface area contributed by atoms with Crippen molar-refractivity contribution >= 4 is 17.8 Å². The molecule has 0 heterocycles. The summed E-state index contributed by atoms with van der Waals surface area (Å²) in [6, 6.07) is 0. The van der Waals surface area contributed by atoms with Crippen LogP contribution in [0.5, 0.6) is 0 Å². The summed E-state index contributed by atoms with van der Waals surface area (Å²) in [5, 5.41) is 0. The molecule has 1 aliphatic rings. The topological polar surface area (TPSA) is 70.5 Å². The molecule has 0 saturated carbocycles. The predicted molar refractivity (Wildman–Crippen MR) is 96.6 cm³/mol. The molecule has 0 aromatic carbocycles. The summed E-state index contributed by atoms with van der Waals surface area (Å²) in [7, 11) is 0. The molecule has 0 spiro atoms. The molecular formula is C20H24N2O2. The molecule has 1 rings (SSSR count). The highest BCUT2D eigenvalue weighted by Gasteiger charge is 2.39. The fraction of sp³-hybridized carbons (Fsp3) is 0.350. The lowest BCUT2D eigenvalue weighted by Gasteiger charge is -2.29. The van der Waals surface area contributed by atoms with Crippen LogP contribution in [-0.2, 0) is 9.59 Å². The summed E-state index contributed by atoms with van der Waals surface area (Å²) in [6.45, 7) is 9.64. The monoisotopic (exact) mass is 324 g/mol. The first-order chi connectivity index (χ1) is 11.2. The maximum Gasteiger partial charge on any atom is 0.339 e. The zero-order chi connectivity index (χ0) is 18.3. The number of carbonyl (C=O) groups excluding carboxylic acids is 2. The maximum atomic E-state index is 12.2. The van der Waals surface area contributed by atoms with E-state index in [-0.39, 0.29) is 16.9 Å². The summed E-state index contributed by atoms with van der Waals surface area (Å²) in [6.07, 6.45) is 12.3. The van der Waals surface area contributed by atoms with Gasteiger partial charge in [0.15, 0.2) is 0 Å². The van der Waals surface area contributed by atoms with Gasteiger partial charge in [-0.3, -0.25) is 9.59 Å². The van der Waals surface area contributed by atoms with Crippen molar-refractivity contribution < 1.29 is 14.4 Å². The van der Waals surface area contributed by atoms with Crippen molar-refractivity contribution in [3.05, 3.63) is 64.3 Å². The van der Waals surface area contributed by atoms with E-state index in [1.54, 1.807) is 6.92 Å². The van der Waals surface area contributed by atoms with Gasteiger partial charge in [0, 0.05) is 11.0 Å². The Bertz CT molecular complexity index is 738. The summed E-state index contributed by atoms with van der Waals surface area (Å²) >= 11 is 0. The van der Waals surface area contributed by atoms with Gasteiger partial charge in [-0.15, -0.1) is 0 Å². The van der Waals surface area contributed by atoms with Gasteiger partial charge < -0.3 is 5.53 Å². The van der Waals surface area contributed by atoms with E-state index in [0.717, 1.165) is 23.0 Å². The largest absolute Gasteiger partial charge is 0.361 e. The standard InChI is InChI=1S/C20H24N2O2/c1-14(7-6-8-15(2)11-12-23)9-10-17-16(3)19(24)18(22-21)13-20(17,4)5/h6-12H,13H2,1-5H3/b8-6+,10-9+,14-7-,15-11+. The van der Waals surface area contributed by atoms with Crippen LogP contribution in [0.3, 0.4) is 0 Å². The van der Waals surface area contributed by atoms with Crippen molar-refractivity contribution in [2.24, 2.45) is 5.41 Å². The SMILES string of the molecule is CC1=C(/C=C/C(C)=C\C=C\C(C)=C\C=O)C(C)(C)CC(=[N+]=[N-])C1=O. The molecule has 0 saturated heterocycles. The van der Waals surface area contributed by atoms with Crippen molar-refractivity contribution in [3.63, 3.8) is 0 Å². The van der Waals surface area contributed by atoms with Gasteiger partial charge in [-0.1, -0.05) is 49.8 Å². The third-order valence-electron chi connectivity index (χ3n) is 4.03. The van der Waals surface area contributed by atoms with Crippen molar-refractivity contribution in [3.8, 4) is 0 Å². The number of carbonyl (C=O) groups is 2. The molecule has 4 nitrogen and oxygen atoms in total. The van der Waals surface area contributed by atoms with Crippen molar-refractivity contribution in [2.75, 3.05) is 0 Å². The average molecular weight is 324 g/mol. The van der Waals surface area contributed by atoms with Crippen LogP contribution in [0.4, 0.5) is 0 Å². The normalized spacial score (nSPS) is 19.4. The average Bonchev–Trinajstić information content (AvgIpc) is 2.50. The minimum Gasteiger partial charge on any atom is -0.361 e. The molecule has 0 aliphatic heterocycles. The lowest BCUT2D eigenvalue weighted by molar-refractivity contribution is -0.115. The molecule has 0 radical (unpaired) electrons. The maximum absolute atomic E-state index is 12.2. The van der Waals surface area contributed by atoms with Crippen LogP contribution in [0.1, 0.15) is 41.0 Å². The van der Waals surface area contributed by atoms with Gasteiger partial charge in [0.2, 0.25) is 0 Å². The predicted octanol–water partition coefficient (Wildman–Crippen LogP) is 4.18. The van der Waals surface area contributed by atoms with Gasteiger partial charge in [0.1, 0.15) is 6.29 Å². The molecule has 4 heteroatoms. The number of allylic oxidation sites excluding steroid dienone is 10. The Morgan fingerprint density at radius 1 is 1.17 bits per heavy atom. The minimum atomic E-state index is -0.268. The molecule has 0 atom stereocenters. The Kier molecular flexibility index (Phi) is 6.75. The van der Waals surface area contributed by atoms with Gasteiger partial charge >= 0.3 is 5.71 Å². The quantitative estimate of drug-likeness (QED) is 0.250. The number of Topliss-reactive ketones (excluding diaryl/α,β-unsaturated/α-hetero) is 1. The van der Waals surface area contributed by atoms with Gasteiger partial charge in [-0.05, 0) is 38.0 Å².